The van der Waals surface area contributed by atoms with E-state index in [1.165, 1.54) is 16.0 Å². The van der Waals surface area contributed by atoms with Gasteiger partial charge in [0.05, 0.1) is 21.9 Å². The maximum atomic E-state index is 13.8. The third kappa shape index (κ3) is 4.98. The van der Waals surface area contributed by atoms with Crippen LogP contribution in [0.5, 0.6) is 0 Å². The Kier molecular flexibility index (Phi) is 6.76. The lowest BCUT2D eigenvalue weighted by atomic mass is 10.1. The third-order valence-corrected chi connectivity index (χ3v) is 8.18. The van der Waals surface area contributed by atoms with Crippen LogP contribution in [-0.4, -0.2) is 58.4 Å². The zero-order valence-corrected chi connectivity index (χ0v) is 21.5. The molecule has 4 aromatic rings. The number of aromatic nitrogens is 2. The lowest BCUT2D eigenvalue weighted by Crippen LogP contribution is -2.44. The Bertz CT molecular complexity index is 1400. The summed E-state index contributed by atoms with van der Waals surface area (Å²) >= 11 is 1.36. The summed E-state index contributed by atoms with van der Waals surface area (Å²) in [6, 6.07) is 17.9. The molecular formula is C26H25F3N4OS2. The second kappa shape index (κ2) is 9.84. The molecule has 1 saturated heterocycles. The molecule has 1 unspecified atom stereocenters. The first-order chi connectivity index (χ1) is 17.2. The van der Waals surface area contributed by atoms with Crippen LogP contribution >= 0.6 is 11.3 Å². The summed E-state index contributed by atoms with van der Waals surface area (Å²) in [5.74, 6) is 0. The number of nitrogens with zero attached hydrogens (tertiary/aromatic N) is 4. The van der Waals surface area contributed by atoms with Gasteiger partial charge >= 0.3 is 6.18 Å². The second-order valence-corrected chi connectivity index (χ2v) is 11.1. The van der Waals surface area contributed by atoms with Crippen LogP contribution in [0.4, 0.5) is 18.9 Å². The molecule has 0 N–H and O–H groups in total. The Morgan fingerprint density at radius 3 is 2.33 bits per heavy atom. The topological polar surface area (TPSA) is 41.4 Å². The van der Waals surface area contributed by atoms with E-state index in [1.807, 2.05) is 53.9 Å². The first kappa shape index (κ1) is 24.7. The van der Waals surface area contributed by atoms with Crippen LogP contribution in [0.25, 0.3) is 27.4 Å². The van der Waals surface area contributed by atoms with Gasteiger partial charge in [0, 0.05) is 48.1 Å². The third-order valence-electron chi connectivity index (χ3n) is 6.30. The average Bonchev–Trinajstić information content (AvgIpc) is 3.52. The van der Waals surface area contributed by atoms with Gasteiger partial charge in [-0.25, -0.2) is 4.68 Å². The lowest BCUT2D eigenvalue weighted by Gasteiger charge is -2.35. The fourth-order valence-corrected chi connectivity index (χ4v) is 5.80. The molecule has 10 heteroatoms. The summed E-state index contributed by atoms with van der Waals surface area (Å²) in [6.07, 6.45) is -2.95. The number of hydrogen-bond acceptors (Lipinski definition) is 5. The van der Waals surface area contributed by atoms with E-state index in [-0.39, 0.29) is 0 Å². The summed E-state index contributed by atoms with van der Waals surface area (Å²) in [5, 5.41) is 5.95. The number of hydrogen-bond donors (Lipinski definition) is 0. The standard InChI is InChI=1S/C26H25F3N4OS2/c1-31-10-12-32(13-11-31)21-8-3-4-9-22(21)33-23(16-25(30-33)26(27,28)29)24-15-19(17-35-24)18-6-5-7-20(14-18)36(2)34/h3-9,14-17H,10-13H2,1-2H3. The van der Waals surface area contributed by atoms with Crippen molar-refractivity contribution in [3.63, 3.8) is 0 Å². The number of piperazine rings is 1. The number of halogens is 3. The minimum atomic E-state index is -4.57. The number of benzene rings is 2. The van der Waals surface area contributed by atoms with E-state index in [4.69, 9.17) is 0 Å². The van der Waals surface area contributed by atoms with Gasteiger partial charge in [-0.2, -0.15) is 18.3 Å². The van der Waals surface area contributed by atoms with Crippen LogP contribution in [0.1, 0.15) is 5.69 Å². The van der Waals surface area contributed by atoms with Crippen molar-refractivity contribution in [1.82, 2.24) is 14.7 Å². The van der Waals surface area contributed by atoms with Gasteiger partial charge < -0.3 is 9.80 Å². The maximum Gasteiger partial charge on any atom is 0.435 e. The van der Waals surface area contributed by atoms with Gasteiger partial charge in [0.15, 0.2) is 5.69 Å². The van der Waals surface area contributed by atoms with E-state index in [0.717, 1.165) is 49.1 Å². The number of alkyl halides is 3. The van der Waals surface area contributed by atoms with Gasteiger partial charge in [-0.1, -0.05) is 24.3 Å². The highest BCUT2D eigenvalue weighted by molar-refractivity contribution is 7.84. The molecule has 2 aromatic carbocycles. The van der Waals surface area contributed by atoms with E-state index in [1.54, 1.807) is 12.3 Å². The molecule has 0 aliphatic carbocycles. The monoisotopic (exact) mass is 530 g/mol. The van der Waals surface area contributed by atoms with Crippen LogP contribution in [0.3, 0.4) is 0 Å². The second-order valence-electron chi connectivity index (χ2n) is 8.79. The minimum Gasteiger partial charge on any atom is -0.367 e. The molecule has 36 heavy (non-hydrogen) atoms. The number of thiophene rings is 1. The predicted molar refractivity (Wildman–Crippen MR) is 139 cm³/mol. The Morgan fingerprint density at radius 2 is 1.64 bits per heavy atom. The first-order valence-corrected chi connectivity index (χ1v) is 13.9. The van der Waals surface area contributed by atoms with Crippen LogP contribution < -0.4 is 4.90 Å². The van der Waals surface area contributed by atoms with Crippen molar-refractivity contribution in [3.8, 4) is 27.4 Å². The number of para-hydroxylation sites is 2. The van der Waals surface area contributed by atoms with E-state index < -0.39 is 22.7 Å². The van der Waals surface area contributed by atoms with Crippen LogP contribution in [0.15, 0.2) is 70.9 Å². The lowest BCUT2D eigenvalue weighted by molar-refractivity contribution is -0.141. The fraction of sp³-hybridized carbons (Fsp3) is 0.269. The molecule has 5 nitrogen and oxygen atoms in total. The molecule has 1 aliphatic heterocycles. The Labute approximate surface area is 214 Å². The first-order valence-electron chi connectivity index (χ1n) is 11.4. The SMILES string of the molecule is CN1CCN(c2ccccc2-n2nc(C(F)(F)F)cc2-c2cc(-c3cccc(S(C)=O)c3)cs2)CC1. The molecule has 5 rings (SSSR count). The highest BCUT2D eigenvalue weighted by atomic mass is 32.2. The Hall–Kier alpha value is -2.95. The Balaban J connectivity index is 1.60. The molecule has 0 radical (unpaired) electrons. The maximum absolute atomic E-state index is 13.8. The van der Waals surface area contributed by atoms with Gasteiger partial charge in [-0.3, -0.25) is 4.21 Å². The van der Waals surface area contributed by atoms with Gasteiger partial charge in [-0.05, 0) is 60.0 Å². The predicted octanol–water partition coefficient (Wildman–Crippen LogP) is 5.78. The highest BCUT2D eigenvalue weighted by Gasteiger charge is 2.36. The van der Waals surface area contributed by atoms with Crippen LogP contribution in [0, 0.1) is 0 Å². The summed E-state index contributed by atoms with van der Waals surface area (Å²) in [6.45, 7) is 3.33. The number of likely N-dealkylation sites (N-methyl/N-ethyl adjacent to an activating group) is 1. The van der Waals surface area contributed by atoms with Crippen molar-refractivity contribution in [1.29, 1.82) is 0 Å². The molecule has 0 saturated carbocycles. The summed E-state index contributed by atoms with van der Waals surface area (Å²) in [4.78, 5) is 5.80. The zero-order valence-electron chi connectivity index (χ0n) is 19.8. The van der Waals surface area contributed by atoms with Crippen LogP contribution in [0.2, 0.25) is 0 Å². The van der Waals surface area contributed by atoms with Crippen LogP contribution in [-0.2, 0) is 17.0 Å². The normalized spacial score (nSPS) is 15.9. The largest absolute Gasteiger partial charge is 0.435 e. The molecule has 1 fully saturated rings. The van der Waals surface area contributed by atoms with Gasteiger partial charge in [-0.15, -0.1) is 11.3 Å². The summed E-state index contributed by atoms with van der Waals surface area (Å²) in [5.41, 5.74) is 2.66. The smallest absolute Gasteiger partial charge is 0.367 e. The van der Waals surface area contributed by atoms with Gasteiger partial charge in [0.1, 0.15) is 0 Å². The van der Waals surface area contributed by atoms with Crippen molar-refractivity contribution in [3.05, 3.63) is 71.7 Å². The van der Waals surface area contributed by atoms with E-state index >= 15 is 0 Å². The van der Waals surface area contributed by atoms with Gasteiger partial charge in [0.25, 0.3) is 0 Å². The summed E-state index contributed by atoms with van der Waals surface area (Å²) < 4.78 is 54.7. The molecule has 0 amide bonds. The fourth-order valence-electron chi connectivity index (χ4n) is 4.31. The highest BCUT2D eigenvalue weighted by Crippen LogP contribution is 2.39. The molecule has 3 heterocycles. The molecular weight excluding hydrogens is 505 g/mol. The molecule has 0 spiro atoms. The van der Waals surface area contributed by atoms with Crippen molar-refractivity contribution in [2.24, 2.45) is 0 Å². The van der Waals surface area contributed by atoms with Crippen molar-refractivity contribution < 1.29 is 17.4 Å². The van der Waals surface area contributed by atoms with Crippen molar-refractivity contribution in [2.45, 2.75) is 11.1 Å². The summed E-state index contributed by atoms with van der Waals surface area (Å²) in [7, 11) is 0.934. The number of anilines is 1. The molecule has 2 aromatic heterocycles. The molecule has 1 atom stereocenters. The van der Waals surface area contributed by atoms with Gasteiger partial charge in [0.2, 0.25) is 0 Å². The quantitative estimate of drug-likeness (QED) is 0.328. The number of rotatable bonds is 5. The molecule has 188 valence electrons. The molecule has 0 bridgehead atoms. The minimum absolute atomic E-state index is 0.385. The van der Waals surface area contributed by atoms with Crippen molar-refractivity contribution in [2.75, 3.05) is 44.4 Å². The van der Waals surface area contributed by atoms with E-state index in [2.05, 4.69) is 21.9 Å². The zero-order chi connectivity index (χ0) is 25.4. The molecule has 1 aliphatic rings. The average molecular weight is 531 g/mol. The Morgan fingerprint density at radius 1 is 0.917 bits per heavy atom. The van der Waals surface area contributed by atoms with E-state index in [0.29, 0.717) is 21.2 Å². The van der Waals surface area contributed by atoms with E-state index in [9.17, 15) is 17.4 Å². The van der Waals surface area contributed by atoms with Crippen molar-refractivity contribution >= 4 is 27.8 Å².